The van der Waals surface area contributed by atoms with Crippen molar-refractivity contribution in [1.29, 1.82) is 0 Å². The molecule has 1 aliphatic rings. The third-order valence-electron chi connectivity index (χ3n) is 4.53. The van der Waals surface area contributed by atoms with Gasteiger partial charge in [-0.15, -0.1) is 0 Å². The maximum absolute atomic E-state index is 12.0. The lowest BCUT2D eigenvalue weighted by Crippen LogP contribution is -2.25. The number of ether oxygens (including phenoxy) is 1. The fraction of sp³-hybridized carbons (Fsp3) is 0.368. The molecule has 0 amide bonds. The standard InChI is InChI=1S/C19H20O3/c1-22-19-7-3-5-16-13(4-2-6-17(16)19)8-9-14-12-15(20)10-11-18(14)21/h2-7,14H,8-12H2,1H3. The van der Waals surface area contributed by atoms with Gasteiger partial charge in [-0.1, -0.05) is 30.3 Å². The van der Waals surface area contributed by atoms with Crippen LogP contribution in [-0.4, -0.2) is 18.7 Å². The van der Waals surface area contributed by atoms with E-state index in [4.69, 9.17) is 4.74 Å². The van der Waals surface area contributed by atoms with Gasteiger partial charge in [-0.3, -0.25) is 9.59 Å². The number of hydrogen-bond donors (Lipinski definition) is 0. The molecule has 22 heavy (non-hydrogen) atoms. The smallest absolute Gasteiger partial charge is 0.136 e. The summed E-state index contributed by atoms with van der Waals surface area (Å²) in [5.74, 6) is 1.24. The number of rotatable bonds is 4. The number of benzene rings is 2. The van der Waals surface area contributed by atoms with Gasteiger partial charge in [0.25, 0.3) is 0 Å². The first-order chi connectivity index (χ1) is 10.7. The first kappa shape index (κ1) is 14.8. The number of carbonyl (C=O) groups excluding carboxylic acids is 2. The van der Waals surface area contributed by atoms with Crippen molar-refractivity contribution in [2.24, 2.45) is 5.92 Å². The first-order valence-corrected chi connectivity index (χ1v) is 7.78. The van der Waals surface area contributed by atoms with Crippen LogP contribution in [0.25, 0.3) is 10.8 Å². The fourth-order valence-electron chi connectivity index (χ4n) is 3.29. The minimum Gasteiger partial charge on any atom is -0.496 e. The highest BCUT2D eigenvalue weighted by atomic mass is 16.5. The van der Waals surface area contributed by atoms with Crippen molar-refractivity contribution in [3.63, 3.8) is 0 Å². The molecule has 3 heteroatoms. The lowest BCUT2D eigenvalue weighted by Gasteiger charge is -2.20. The summed E-state index contributed by atoms with van der Waals surface area (Å²) in [4.78, 5) is 23.5. The Morgan fingerprint density at radius 1 is 1.05 bits per heavy atom. The van der Waals surface area contributed by atoms with Gasteiger partial charge in [0.2, 0.25) is 0 Å². The molecule has 1 saturated carbocycles. The molecule has 0 bridgehead atoms. The predicted molar refractivity (Wildman–Crippen MR) is 86.2 cm³/mol. The van der Waals surface area contributed by atoms with E-state index in [1.165, 1.54) is 5.56 Å². The van der Waals surface area contributed by atoms with Crippen LogP contribution < -0.4 is 4.74 Å². The summed E-state index contributed by atoms with van der Waals surface area (Å²) < 4.78 is 5.41. The van der Waals surface area contributed by atoms with E-state index in [0.717, 1.165) is 29.4 Å². The lowest BCUT2D eigenvalue weighted by atomic mass is 9.83. The number of ketones is 2. The number of methoxy groups -OCH3 is 1. The fourth-order valence-corrected chi connectivity index (χ4v) is 3.29. The number of hydrogen-bond acceptors (Lipinski definition) is 3. The Balaban J connectivity index is 1.82. The van der Waals surface area contributed by atoms with E-state index in [1.54, 1.807) is 7.11 Å². The Kier molecular flexibility index (Phi) is 4.23. The maximum atomic E-state index is 12.0. The van der Waals surface area contributed by atoms with Crippen molar-refractivity contribution in [1.82, 2.24) is 0 Å². The Morgan fingerprint density at radius 3 is 2.64 bits per heavy atom. The number of carbonyl (C=O) groups is 2. The van der Waals surface area contributed by atoms with Crippen molar-refractivity contribution in [2.75, 3.05) is 7.11 Å². The van der Waals surface area contributed by atoms with Gasteiger partial charge in [0, 0.05) is 30.6 Å². The van der Waals surface area contributed by atoms with Crippen molar-refractivity contribution < 1.29 is 14.3 Å². The molecule has 2 aromatic carbocycles. The Hall–Kier alpha value is -2.16. The molecule has 0 heterocycles. The van der Waals surface area contributed by atoms with Crippen molar-refractivity contribution >= 4 is 22.3 Å². The molecule has 0 N–H and O–H groups in total. The van der Waals surface area contributed by atoms with Crippen LogP contribution in [0.15, 0.2) is 36.4 Å². The molecule has 2 aromatic rings. The summed E-state index contributed by atoms with van der Waals surface area (Å²) in [6.45, 7) is 0. The van der Waals surface area contributed by atoms with Crippen LogP contribution in [0.3, 0.4) is 0 Å². The monoisotopic (exact) mass is 296 g/mol. The minimum atomic E-state index is -0.0953. The van der Waals surface area contributed by atoms with Gasteiger partial charge in [-0.25, -0.2) is 0 Å². The summed E-state index contributed by atoms with van der Waals surface area (Å²) in [6.07, 6.45) is 2.84. The van der Waals surface area contributed by atoms with Crippen molar-refractivity contribution in [3.05, 3.63) is 42.0 Å². The average Bonchev–Trinajstić information content (AvgIpc) is 2.55. The average molecular weight is 296 g/mol. The van der Waals surface area contributed by atoms with E-state index in [1.807, 2.05) is 24.3 Å². The molecular weight excluding hydrogens is 276 g/mol. The summed E-state index contributed by atoms with van der Waals surface area (Å²) in [5, 5.41) is 2.25. The molecule has 1 unspecified atom stereocenters. The van der Waals surface area contributed by atoms with Crippen LogP contribution >= 0.6 is 0 Å². The molecule has 0 aliphatic heterocycles. The van der Waals surface area contributed by atoms with Gasteiger partial charge < -0.3 is 4.74 Å². The van der Waals surface area contributed by atoms with Crippen LogP contribution in [0.5, 0.6) is 5.75 Å². The molecule has 3 rings (SSSR count). The minimum absolute atomic E-state index is 0.0953. The van der Waals surface area contributed by atoms with Crippen LogP contribution in [-0.2, 0) is 16.0 Å². The van der Waals surface area contributed by atoms with Gasteiger partial charge in [0.05, 0.1) is 7.11 Å². The Labute approximate surface area is 130 Å². The van der Waals surface area contributed by atoms with Gasteiger partial charge >= 0.3 is 0 Å². The second-order valence-corrected chi connectivity index (χ2v) is 5.92. The molecule has 3 nitrogen and oxygen atoms in total. The molecule has 0 saturated heterocycles. The molecule has 114 valence electrons. The highest BCUT2D eigenvalue weighted by molar-refractivity contribution is 5.94. The van der Waals surface area contributed by atoms with E-state index >= 15 is 0 Å². The third kappa shape index (κ3) is 2.89. The number of Topliss-reactive ketones (excluding diaryl/α,β-unsaturated/α-hetero) is 2. The van der Waals surface area contributed by atoms with Gasteiger partial charge in [0.1, 0.15) is 17.3 Å². The molecule has 0 aromatic heterocycles. The predicted octanol–water partition coefficient (Wildman–Crippen LogP) is 3.72. The second kappa shape index (κ2) is 6.30. The Bertz CT molecular complexity index is 718. The van der Waals surface area contributed by atoms with Crippen LogP contribution in [0.2, 0.25) is 0 Å². The molecule has 1 fully saturated rings. The first-order valence-electron chi connectivity index (χ1n) is 7.78. The zero-order valence-corrected chi connectivity index (χ0v) is 12.8. The van der Waals surface area contributed by atoms with Crippen LogP contribution in [0.4, 0.5) is 0 Å². The van der Waals surface area contributed by atoms with E-state index in [2.05, 4.69) is 12.1 Å². The molecular formula is C19H20O3. The zero-order chi connectivity index (χ0) is 15.5. The topological polar surface area (TPSA) is 43.4 Å². The normalized spacial score (nSPS) is 18.7. The lowest BCUT2D eigenvalue weighted by molar-refractivity contribution is -0.133. The van der Waals surface area contributed by atoms with E-state index in [-0.39, 0.29) is 17.5 Å². The van der Waals surface area contributed by atoms with E-state index < -0.39 is 0 Å². The van der Waals surface area contributed by atoms with Gasteiger partial charge in [-0.2, -0.15) is 0 Å². The van der Waals surface area contributed by atoms with Crippen molar-refractivity contribution in [3.8, 4) is 5.75 Å². The zero-order valence-electron chi connectivity index (χ0n) is 12.8. The third-order valence-corrected chi connectivity index (χ3v) is 4.53. The summed E-state index contributed by atoms with van der Waals surface area (Å²) in [5.41, 5.74) is 1.21. The maximum Gasteiger partial charge on any atom is 0.136 e. The largest absolute Gasteiger partial charge is 0.496 e. The summed E-state index contributed by atoms with van der Waals surface area (Å²) in [6, 6.07) is 12.2. The molecule has 0 spiro atoms. The quantitative estimate of drug-likeness (QED) is 0.863. The van der Waals surface area contributed by atoms with Crippen molar-refractivity contribution in [2.45, 2.75) is 32.1 Å². The number of fused-ring (bicyclic) bond motifs is 1. The molecule has 0 radical (unpaired) electrons. The number of aryl methyl sites for hydroxylation is 1. The van der Waals surface area contributed by atoms with Crippen LogP contribution in [0.1, 0.15) is 31.2 Å². The second-order valence-electron chi connectivity index (χ2n) is 5.92. The summed E-state index contributed by atoms with van der Waals surface area (Å²) in [7, 11) is 1.67. The van der Waals surface area contributed by atoms with Gasteiger partial charge in [0.15, 0.2) is 0 Å². The molecule has 1 atom stereocenters. The molecule has 1 aliphatic carbocycles. The Morgan fingerprint density at radius 2 is 1.82 bits per heavy atom. The van der Waals surface area contributed by atoms with E-state index in [0.29, 0.717) is 19.3 Å². The summed E-state index contributed by atoms with van der Waals surface area (Å²) >= 11 is 0. The highest BCUT2D eigenvalue weighted by Gasteiger charge is 2.26. The SMILES string of the molecule is COc1cccc2c(CCC3CC(=O)CCC3=O)cccc12. The van der Waals surface area contributed by atoms with Crippen LogP contribution in [0, 0.1) is 5.92 Å². The van der Waals surface area contributed by atoms with E-state index in [9.17, 15) is 9.59 Å². The van der Waals surface area contributed by atoms with Gasteiger partial charge in [-0.05, 0) is 29.9 Å². The highest BCUT2D eigenvalue weighted by Crippen LogP contribution is 2.30.